The van der Waals surface area contributed by atoms with Crippen molar-refractivity contribution in [2.45, 2.75) is 5.03 Å². The fraction of sp³-hybridized carbons (Fsp3) is 0.333. The summed E-state index contributed by atoms with van der Waals surface area (Å²) in [5.41, 5.74) is 10.2. The molecule has 0 aromatic carbocycles. The molecule has 0 aliphatic heterocycles. The summed E-state index contributed by atoms with van der Waals surface area (Å²) in [5, 5.41) is -0.191. The number of nitrogens with zero attached hydrogens (tertiary/aromatic N) is 2. The average Bonchev–Trinajstić information content (AvgIpc) is 2.43. The molecular formula is C6H11N5O3S. The van der Waals surface area contributed by atoms with Crippen LogP contribution in [0.25, 0.3) is 0 Å². The van der Waals surface area contributed by atoms with Crippen LogP contribution in [-0.2, 0) is 21.9 Å². The number of nitrogens with one attached hydrogen (secondary N) is 1. The molecule has 8 nitrogen and oxygen atoms in total. The molecule has 0 aliphatic rings. The second-order valence-electron chi connectivity index (χ2n) is 2.84. The number of aryl methyl sites for hydroxylation is 1. The van der Waals surface area contributed by atoms with Gasteiger partial charge in [-0.05, 0) is 0 Å². The molecule has 84 valence electrons. The van der Waals surface area contributed by atoms with E-state index in [0.717, 1.165) is 0 Å². The summed E-state index contributed by atoms with van der Waals surface area (Å²) in [4.78, 5) is 14.0. The molecule has 0 bridgehead atoms. The summed E-state index contributed by atoms with van der Waals surface area (Å²) in [6.07, 6.45) is 1.26. The molecule has 5 N–H and O–H groups in total. The van der Waals surface area contributed by atoms with Crippen LogP contribution in [0.4, 0.5) is 5.82 Å². The maximum absolute atomic E-state index is 11.6. The number of anilines is 1. The van der Waals surface area contributed by atoms with Gasteiger partial charge in [-0.1, -0.05) is 0 Å². The molecule has 0 saturated carbocycles. The number of amides is 1. The van der Waals surface area contributed by atoms with E-state index in [1.54, 1.807) is 0 Å². The summed E-state index contributed by atoms with van der Waals surface area (Å²) in [6.45, 7) is -0.479. The largest absolute Gasteiger partial charge is 0.381 e. The Balaban J connectivity index is 3.01. The average molecular weight is 233 g/mol. The number of carbonyl (C=O) groups excluding carboxylic acids is 1. The second kappa shape index (κ2) is 3.87. The number of primary amides is 1. The van der Waals surface area contributed by atoms with Crippen LogP contribution in [-0.4, -0.2) is 30.4 Å². The molecule has 9 heteroatoms. The van der Waals surface area contributed by atoms with Crippen LogP contribution in [0.15, 0.2) is 11.4 Å². The fourth-order valence-electron chi connectivity index (χ4n) is 0.999. The van der Waals surface area contributed by atoms with Crippen molar-refractivity contribution in [3.8, 4) is 0 Å². The maximum atomic E-state index is 11.6. The molecule has 0 saturated heterocycles. The van der Waals surface area contributed by atoms with Crippen LogP contribution in [0.3, 0.4) is 0 Å². The van der Waals surface area contributed by atoms with Crippen molar-refractivity contribution in [1.82, 2.24) is 14.3 Å². The standard InChI is InChI=1S/C6H11N5O3S/c1-11-3-9-5(8)6(11)15(13,14)10-2-4(7)12/h3,10H,2,8H2,1H3,(H2,7,12). The molecule has 0 spiro atoms. The first-order valence-corrected chi connectivity index (χ1v) is 5.37. The van der Waals surface area contributed by atoms with E-state index in [2.05, 4.69) is 4.98 Å². The quantitative estimate of drug-likeness (QED) is 0.541. The van der Waals surface area contributed by atoms with Crippen molar-refractivity contribution in [3.05, 3.63) is 6.33 Å². The van der Waals surface area contributed by atoms with Gasteiger partial charge in [-0.25, -0.2) is 18.1 Å². The lowest BCUT2D eigenvalue weighted by molar-refractivity contribution is -0.116. The lowest BCUT2D eigenvalue weighted by Gasteiger charge is -2.05. The third-order valence-electron chi connectivity index (χ3n) is 1.60. The van der Waals surface area contributed by atoms with Crippen LogP contribution in [0.1, 0.15) is 0 Å². The topological polar surface area (TPSA) is 133 Å². The summed E-state index contributed by atoms with van der Waals surface area (Å²) in [7, 11) is -2.37. The van der Waals surface area contributed by atoms with E-state index in [1.165, 1.54) is 17.9 Å². The summed E-state index contributed by atoms with van der Waals surface area (Å²) in [6, 6.07) is 0. The predicted molar refractivity (Wildman–Crippen MR) is 52.0 cm³/mol. The Labute approximate surface area is 86.3 Å². The zero-order valence-electron chi connectivity index (χ0n) is 7.97. The minimum Gasteiger partial charge on any atom is -0.381 e. The van der Waals surface area contributed by atoms with Crippen molar-refractivity contribution < 1.29 is 13.2 Å². The number of rotatable bonds is 4. The Morgan fingerprint density at radius 2 is 2.27 bits per heavy atom. The van der Waals surface area contributed by atoms with Crippen molar-refractivity contribution in [2.24, 2.45) is 12.8 Å². The Bertz CT molecular complexity index is 457. The molecule has 0 unspecified atom stereocenters. The SMILES string of the molecule is Cn1cnc(N)c1S(=O)(=O)NCC(N)=O. The molecule has 0 radical (unpaired) electrons. The zero-order chi connectivity index (χ0) is 11.6. The van der Waals surface area contributed by atoms with E-state index in [4.69, 9.17) is 11.5 Å². The normalized spacial score (nSPS) is 11.5. The molecule has 1 aromatic rings. The Hall–Kier alpha value is -1.61. The van der Waals surface area contributed by atoms with Crippen LogP contribution in [0.5, 0.6) is 0 Å². The lowest BCUT2D eigenvalue weighted by Crippen LogP contribution is -2.34. The highest BCUT2D eigenvalue weighted by Gasteiger charge is 2.22. The van der Waals surface area contributed by atoms with E-state index in [1.807, 2.05) is 4.72 Å². The van der Waals surface area contributed by atoms with Gasteiger partial charge < -0.3 is 16.0 Å². The molecular weight excluding hydrogens is 222 g/mol. The number of nitrogens with two attached hydrogens (primary N) is 2. The lowest BCUT2D eigenvalue weighted by atomic mass is 10.7. The molecule has 1 heterocycles. The van der Waals surface area contributed by atoms with Gasteiger partial charge in [0.1, 0.15) is 0 Å². The first-order chi connectivity index (χ1) is 6.84. The molecule has 1 amide bonds. The van der Waals surface area contributed by atoms with Crippen LogP contribution < -0.4 is 16.2 Å². The Kier molecular flexibility index (Phi) is 2.95. The number of imidazole rings is 1. The molecule has 1 rings (SSSR count). The highest BCUT2D eigenvalue weighted by molar-refractivity contribution is 7.89. The predicted octanol–water partition coefficient (Wildman–Crippen LogP) is -2.23. The van der Waals surface area contributed by atoms with Gasteiger partial charge in [0.15, 0.2) is 10.8 Å². The van der Waals surface area contributed by atoms with E-state index in [9.17, 15) is 13.2 Å². The van der Waals surface area contributed by atoms with Gasteiger partial charge in [0.25, 0.3) is 10.0 Å². The van der Waals surface area contributed by atoms with Gasteiger partial charge in [-0.2, -0.15) is 0 Å². The van der Waals surface area contributed by atoms with Gasteiger partial charge in [-0.3, -0.25) is 4.79 Å². The number of aromatic nitrogens is 2. The van der Waals surface area contributed by atoms with Gasteiger partial charge in [0.05, 0.1) is 12.9 Å². The van der Waals surface area contributed by atoms with Crippen LogP contribution in [0, 0.1) is 0 Å². The minimum absolute atomic E-state index is 0.130. The molecule has 0 aliphatic carbocycles. The molecule has 0 atom stereocenters. The maximum Gasteiger partial charge on any atom is 0.260 e. The second-order valence-corrected chi connectivity index (χ2v) is 4.52. The fourth-order valence-corrected chi connectivity index (χ4v) is 2.22. The third kappa shape index (κ3) is 2.44. The molecule has 1 aromatic heterocycles. The van der Waals surface area contributed by atoms with Crippen LogP contribution in [0.2, 0.25) is 0 Å². The number of carbonyl (C=O) groups is 1. The monoisotopic (exact) mass is 233 g/mol. The minimum atomic E-state index is -3.85. The Morgan fingerprint density at radius 3 is 2.67 bits per heavy atom. The van der Waals surface area contributed by atoms with E-state index >= 15 is 0 Å². The Morgan fingerprint density at radius 1 is 1.67 bits per heavy atom. The van der Waals surface area contributed by atoms with Gasteiger partial charge in [-0.15, -0.1) is 0 Å². The van der Waals surface area contributed by atoms with Crippen molar-refractivity contribution in [1.29, 1.82) is 0 Å². The van der Waals surface area contributed by atoms with E-state index in [0.29, 0.717) is 0 Å². The van der Waals surface area contributed by atoms with Gasteiger partial charge in [0.2, 0.25) is 5.91 Å². The number of nitrogen functional groups attached to an aromatic ring is 1. The smallest absolute Gasteiger partial charge is 0.260 e. The van der Waals surface area contributed by atoms with E-state index < -0.39 is 22.5 Å². The summed E-state index contributed by atoms with van der Waals surface area (Å²) >= 11 is 0. The first-order valence-electron chi connectivity index (χ1n) is 3.89. The molecule has 15 heavy (non-hydrogen) atoms. The van der Waals surface area contributed by atoms with Crippen molar-refractivity contribution in [3.63, 3.8) is 0 Å². The molecule has 0 fully saturated rings. The first kappa shape index (κ1) is 11.5. The van der Waals surface area contributed by atoms with E-state index in [-0.39, 0.29) is 10.8 Å². The van der Waals surface area contributed by atoms with Crippen LogP contribution >= 0.6 is 0 Å². The van der Waals surface area contributed by atoms with Crippen molar-refractivity contribution >= 4 is 21.7 Å². The highest BCUT2D eigenvalue weighted by atomic mass is 32.2. The van der Waals surface area contributed by atoms with Gasteiger partial charge in [0, 0.05) is 7.05 Å². The summed E-state index contributed by atoms with van der Waals surface area (Å²) < 4.78 is 26.4. The van der Waals surface area contributed by atoms with Gasteiger partial charge >= 0.3 is 0 Å². The number of hydrogen-bond donors (Lipinski definition) is 3. The zero-order valence-corrected chi connectivity index (χ0v) is 8.78. The third-order valence-corrected chi connectivity index (χ3v) is 3.13. The number of sulfonamides is 1. The van der Waals surface area contributed by atoms with Crippen molar-refractivity contribution in [2.75, 3.05) is 12.3 Å². The highest BCUT2D eigenvalue weighted by Crippen LogP contribution is 2.14. The summed E-state index contributed by atoms with van der Waals surface area (Å²) in [5.74, 6) is -0.909. The number of hydrogen-bond acceptors (Lipinski definition) is 5.